The lowest BCUT2D eigenvalue weighted by molar-refractivity contribution is 0.0873. The average molecular weight is 328 g/mol. The van der Waals surface area contributed by atoms with Crippen LogP contribution >= 0.6 is 0 Å². The molecule has 1 aliphatic heterocycles. The maximum absolute atomic E-state index is 12.4. The van der Waals surface area contributed by atoms with E-state index in [9.17, 15) is 4.79 Å². The molecule has 1 saturated heterocycles. The van der Waals surface area contributed by atoms with Crippen molar-refractivity contribution in [3.8, 4) is 0 Å². The standard InChI is InChI=1S/C19H24N2O3/c1-19(2,3)16-12-20-17(24-16)15-10-7-11-21(15)18(22)23-13-14-8-5-4-6-9-14/h4-6,8-9,12,15H,7,10-11,13H2,1-3H3. The van der Waals surface area contributed by atoms with Gasteiger partial charge in [-0.3, -0.25) is 4.90 Å². The van der Waals surface area contributed by atoms with Gasteiger partial charge in [0.2, 0.25) is 5.89 Å². The summed E-state index contributed by atoms with van der Waals surface area (Å²) >= 11 is 0. The number of carbonyl (C=O) groups excluding carboxylic acids is 1. The molecule has 0 N–H and O–H groups in total. The molecule has 5 nitrogen and oxygen atoms in total. The Morgan fingerprint density at radius 1 is 1.33 bits per heavy atom. The average Bonchev–Trinajstić information content (AvgIpc) is 3.21. The highest BCUT2D eigenvalue weighted by molar-refractivity contribution is 5.68. The largest absolute Gasteiger partial charge is 0.445 e. The summed E-state index contributed by atoms with van der Waals surface area (Å²) in [5, 5.41) is 0. The summed E-state index contributed by atoms with van der Waals surface area (Å²) in [7, 11) is 0. The molecule has 5 heteroatoms. The molecule has 0 spiro atoms. The molecule has 0 bridgehead atoms. The predicted octanol–water partition coefficient (Wildman–Crippen LogP) is 4.45. The number of benzene rings is 1. The highest BCUT2D eigenvalue weighted by atomic mass is 16.6. The first-order valence-electron chi connectivity index (χ1n) is 8.38. The van der Waals surface area contributed by atoms with E-state index in [0.29, 0.717) is 12.4 Å². The monoisotopic (exact) mass is 328 g/mol. The Labute approximate surface area is 142 Å². The highest BCUT2D eigenvalue weighted by Gasteiger charge is 2.35. The molecule has 0 radical (unpaired) electrons. The molecule has 1 aromatic heterocycles. The zero-order valence-corrected chi connectivity index (χ0v) is 14.5. The minimum atomic E-state index is -0.308. The van der Waals surface area contributed by atoms with Crippen LogP contribution in [0.2, 0.25) is 0 Å². The maximum atomic E-state index is 12.4. The fraction of sp³-hybridized carbons (Fsp3) is 0.474. The molecular formula is C19H24N2O3. The van der Waals surface area contributed by atoms with E-state index in [1.165, 1.54) is 0 Å². The Morgan fingerprint density at radius 2 is 2.08 bits per heavy atom. The van der Waals surface area contributed by atoms with Crippen LogP contribution in [0.1, 0.15) is 56.9 Å². The smallest absolute Gasteiger partial charge is 0.410 e. The lowest BCUT2D eigenvalue weighted by Crippen LogP contribution is -2.31. The Hall–Kier alpha value is -2.30. The summed E-state index contributed by atoms with van der Waals surface area (Å²) in [6, 6.07) is 9.56. The van der Waals surface area contributed by atoms with E-state index in [0.717, 1.165) is 24.2 Å². The van der Waals surface area contributed by atoms with Crippen molar-refractivity contribution >= 4 is 6.09 Å². The Balaban J connectivity index is 1.66. The summed E-state index contributed by atoms with van der Waals surface area (Å²) in [4.78, 5) is 18.6. The van der Waals surface area contributed by atoms with E-state index in [-0.39, 0.29) is 24.2 Å². The molecule has 1 aromatic carbocycles. The number of aromatic nitrogens is 1. The van der Waals surface area contributed by atoms with Crippen LogP contribution in [-0.4, -0.2) is 22.5 Å². The van der Waals surface area contributed by atoms with Crippen LogP contribution in [0.5, 0.6) is 0 Å². The number of hydrogen-bond donors (Lipinski definition) is 0. The first-order chi connectivity index (χ1) is 11.4. The van der Waals surface area contributed by atoms with Gasteiger partial charge in [0.05, 0.1) is 6.20 Å². The van der Waals surface area contributed by atoms with E-state index in [2.05, 4.69) is 25.8 Å². The third-order valence-corrected chi connectivity index (χ3v) is 4.24. The predicted molar refractivity (Wildman–Crippen MR) is 90.5 cm³/mol. The SMILES string of the molecule is CC(C)(C)c1cnc(C2CCCN2C(=O)OCc2ccccc2)o1. The number of nitrogens with zero attached hydrogens (tertiary/aromatic N) is 2. The highest BCUT2D eigenvalue weighted by Crippen LogP contribution is 2.34. The van der Waals surface area contributed by atoms with E-state index < -0.39 is 0 Å². The van der Waals surface area contributed by atoms with Crippen LogP contribution in [0, 0.1) is 0 Å². The fourth-order valence-corrected chi connectivity index (χ4v) is 2.83. The Morgan fingerprint density at radius 3 is 2.75 bits per heavy atom. The van der Waals surface area contributed by atoms with Gasteiger partial charge in [0.25, 0.3) is 0 Å². The van der Waals surface area contributed by atoms with Crippen molar-refractivity contribution in [2.45, 2.75) is 51.7 Å². The molecule has 2 aromatic rings. The number of oxazole rings is 1. The van der Waals surface area contributed by atoms with Crippen molar-refractivity contribution in [3.63, 3.8) is 0 Å². The van der Waals surface area contributed by atoms with Crippen LogP contribution in [0.3, 0.4) is 0 Å². The summed E-state index contributed by atoms with van der Waals surface area (Å²) in [6.45, 7) is 7.20. The van der Waals surface area contributed by atoms with Crippen LogP contribution in [-0.2, 0) is 16.8 Å². The van der Waals surface area contributed by atoms with E-state index in [4.69, 9.17) is 9.15 Å². The van der Waals surface area contributed by atoms with Gasteiger partial charge in [-0.2, -0.15) is 0 Å². The zero-order chi connectivity index (χ0) is 17.2. The first-order valence-corrected chi connectivity index (χ1v) is 8.38. The van der Waals surface area contributed by atoms with Crippen molar-refractivity contribution in [2.24, 2.45) is 0 Å². The summed E-state index contributed by atoms with van der Waals surface area (Å²) in [6.07, 6.45) is 3.24. The maximum Gasteiger partial charge on any atom is 0.410 e. The lowest BCUT2D eigenvalue weighted by Gasteiger charge is -2.22. The second kappa shape index (κ2) is 6.67. The number of hydrogen-bond acceptors (Lipinski definition) is 4. The van der Waals surface area contributed by atoms with Gasteiger partial charge in [-0.15, -0.1) is 0 Å². The Kier molecular flexibility index (Phi) is 4.60. The second-order valence-corrected chi connectivity index (χ2v) is 7.20. The molecule has 1 amide bonds. The molecule has 3 rings (SSSR count). The van der Waals surface area contributed by atoms with Gasteiger partial charge >= 0.3 is 6.09 Å². The minimum Gasteiger partial charge on any atom is -0.445 e. The van der Waals surface area contributed by atoms with E-state index >= 15 is 0 Å². The van der Waals surface area contributed by atoms with Crippen molar-refractivity contribution in [2.75, 3.05) is 6.54 Å². The van der Waals surface area contributed by atoms with Gasteiger partial charge in [0.1, 0.15) is 18.4 Å². The van der Waals surface area contributed by atoms with Gasteiger partial charge in [-0.05, 0) is 18.4 Å². The quantitative estimate of drug-likeness (QED) is 0.835. The number of carbonyl (C=O) groups is 1. The zero-order valence-electron chi connectivity index (χ0n) is 14.5. The molecule has 24 heavy (non-hydrogen) atoms. The van der Waals surface area contributed by atoms with Gasteiger partial charge < -0.3 is 9.15 Å². The van der Waals surface area contributed by atoms with Gasteiger partial charge in [0.15, 0.2) is 0 Å². The molecular weight excluding hydrogens is 304 g/mol. The second-order valence-electron chi connectivity index (χ2n) is 7.20. The van der Waals surface area contributed by atoms with Crippen LogP contribution < -0.4 is 0 Å². The van der Waals surface area contributed by atoms with Crippen LogP contribution in [0.25, 0.3) is 0 Å². The fourth-order valence-electron chi connectivity index (χ4n) is 2.83. The normalized spacial score (nSPS) is 18.0. The summed E-state index contributed by atoms with van der Waals surface area (Å²) < 4.78 is 11.4. The van der Waals surface area contributed by atoms with E-state index in [1.807, 2.05) is 30.3 Å². The molecule has 2 heterocycles. The molecule has 0 aliphatic carbocycles. The van der Waals surface area contributed by atoms with E-state index in [1.54, 1.807) is 11.1 Å². The number of likely N-dealkylation sites (tertiary alicyclic amines) is 1. The molecule has 1 aliphatic rings. The van der Waals surface area contributed by atoms with Crippen LogP contribution in [0.15, 0.2) is 40.9 Å². The topological polar surface area (TPSA) is 55.6 Å². The number of amides is 1. The summed E-state index contributed by atoms with van der Waals surface area (Å²) in [5.74, 6) is 1.44. The molecule has 1 unspecified atom stereocenters. The van der Waals surface area contributed by atoms with Gasteiger partial charge in [0, 0.05) is 12.0 Å². The summed E-state index contributed by atoms with van der Waals surface area (Å²) in [5.41, 5.74) is 0.885. The van der Waals surface area contributed by atoms with Crippen molar-refractivity contribution < 1.29 is 13.9 Å². The van der Waals surface area contributed by atoms with Crippen molar-refractivity contribution in [1.82, 2.24) is 9.88 Å². The molecule has 0 saturated carbocycles. The van der Waals surface area contributed by atoms with Gasteiger partial charge in [-0.25, -0.2) is 9.78 Å². The number of ether oxygens (including phenoxy) is 1. The Bertz CT molecular complexity index is 688. The van der Waals surface area contributed by atoms with Crippen LogP contribution in [0.4, 0.5) is 4.79 Å². The first kappa shape index (κ1) is 16.6. The molecule has 1 atom stereocenters. The number of rotatable bonds is 3. The van der Waals surface area contributed by atoms with Crippen molar-refractivity contribution in [1.29, 1.82) is 0 Å². The van der Waals surface area contributed by atoms with Crippen molar-refractivity contribution in [3.05, 3.63) is 53.7 Å². The lowest BCUT2D eigenvalue weighted by atomic mass is 9.94. The third-order valence-electron chi connectivity index (χ3n) is 4.24. The minimum absolute atomic E-state index is 0.0947. The molecule has 128 valence electrons. The third kappa shape index (κ3) is 3.61. The molecule has 1 fully saturated rings. The van der Waals surface area contributed by atoms with Gasteiger partial charge in [-0.1, -0.05) is 51.1 Å².